The third-order valence-electron chi connectivity index (χ3n) is 4.42. The van der Waals surface area contributed by atoms with E-state index in [1.165, 1.54) is 0 Å². The van der Waals surface area contributed by atoms with Crippen LogP contribution in [0.2, 0.25) is 0 Å². The second kappa shape index (κ2) is 11.0. The van der Waals surface area contributed by atoms with Gasteiger partial charge in [0.2, 0.25) is 11.8 Å². The van der Waals surface area contributed by atoms with Crippen molar-refractivity contribution in [1.29, 1.82) is 0 Å². The molecule has 0 aliphatic rings. The highest BCUT2D eigenvalue weighted by molar-refractivity contribution is 6.02. The van der Waals surface area contributed by atoms with E-state index in [0.717, 1.165) is 11.1 Å². The summed E-state index contributed by atoms with van der Waals surface area (Å²) in [6.07, 6.45) is 0. The molecule has 0 bridgehead atoms. The fourth-order valence-corrected chi connectivity index (χ4v) is 2.86. The number of urea groups is 1. The molecule has 0 fully saturated rings. The third kappa shape index (κ3) is 7.21. The largest absolute Gasteiger partial charge is 0.497 e. The van der Waals surface area contributed by atoms with Crippen LogP contribution < -0.4 is 20.7 Å². The number of anilines is 2. The van der Waals surface area contributed by atoms with Crippen LogP contribution in [0.1, 0.15) is 18.1 Å². The first-order valence-electron chi connectivity index (χ1n) is 9.65. The predicted molar refractivity (Wildman–Crippen MR) is 117 cm³/mol. The normalized spacial score (nSPS) is 10.4. The van der Waals surface area contributed by atoms with Crippen molar-refractivity contribution in [3.8, 4) is 5.75 Å². The van der Waals surface area contributed by atoms with Crippen molar-refractivity contribution in [3.63, 3.8) is 0 Å². The Kier molecular flexibility index (Phi) is 8.37. The number of nitrogens with one attached hydrogen (secondary N) is 3. The molecule has 30 heavy (non-hydrogen) atoms. The van der Waals surface area contributed by atoms with Gasteiger partial charge < -0.3 is 15.4 Å². The van der Waals surface area contributed by atoms with Gasteiger partial charge in [0, 0.05) is 17.4 Å². The molecule has 0 atom stereocenters. The van der Waals surface area contributed by atoms with E-state index in [1.807, 2.05) is 32.9 Å². The highest BCUT2D eigenvalue weighted by atomic mass is 16.5. The monoisotopic (exact) mass is 412 g/mol. The number of hydrogen-bond acceptors (Lipinski definition) is 5. The zero-order valence-corrected chi connectivity index (χ0v) is 17.7. The van der Waals surface area contributed by atoms with E-state index in [4.69, 9.17) is 4.74 Å². The van der Waals surface area contributed by atoms with Crippen LogP contribution in [0, 0.1) is 13.8 Å². The average molecular weight is 412 g/mol. The Morgan fingerprint density at radius 1 is 0.967 bits per heavy atom. The summed E-state index contributed by atoms with van der Waals surface area (Å²) in [5.74, 6) is -0.125. The van der Waals surface area contributed by atoms with Gasteiger partial charge in [0.05, 0.1) is 20.2 Å². The van der Waals surface area contributed by atoms with Gasteiger partial charge in [-0.3, -0.25) is 19.8 Å². The topological polar surface area (TPSA) is 99.8 Å². The van der Waals surface area contributed by atoms with Crippen molar-refractivity contribution in [2.45, 2.75) is 20.8 Å². The molecule has 4 amide bonds. The van der Waals surface area contributed by atoms with Crippen molar-refractivity contribution in [2.75, 3.05) is 37.4 Å². The second-order valence-electron chi connectivity index (χ2n) is 6.90. The van der Waals surface area contributed by atoms with E-state index in [9.17, 15) is 14.4 Å². The number of imide groups is 1. The van der Waals surface area contributed by atoms with Crippen LogP contribution in [0.5, 0.6) is 5.75 Å². The molecule has 0 aromatic heterocycles. The molecule has 8 nitrogen and oxygen atoms in total. The van der Waals surface area contributed by atoms with Gasteiger partial charge in [-0.2, -0.15) is 0 Å². The zero-order valence-electron chi connectivity index (χ0n) is 17.7. The van der Waals surface area contributed by atoms with Crippen LogP contribution in [0.25, 0.3) is 0 Å². The van der Waals surface area contributed by atoms with Gasteiger partial charge in [0.15, 0.2) is 0 Å². The van der Waals surface area contributed by atoms with Gasteiger partial charge in [-0.1, -0.05) is 30.7 Å². The van der Waals surface area contributed by atoms with Crippen LogP contribution >= 0.6 is 0 Å². The number of nitrogens with zero attached hydrogens (tertiary/aromatic N) is 1. The molecule has 2 aromatic carbocycles. The average Bonchev–Trinajstić information content (AvgIpc) is 2.69. The number of rotatable bonds is 8. The lowest BCUT2D eigenvalue weighted by atomic mass is 10.1. The van der Waals surface area contributed by atoms with Crippen LogP contribution in [-0.4, -0.2) is 49.5 Å². The summed E-state index contributed by atoms with van der Waals surface area (Å²) >= 11 is 0. The van der Waals surface area contributed by atoms with Crippen molar-refractivity contribution in [2.24, 2.45) is 0 Å². The lowest BCUT2D eigenvalue weighted by Crippen LogP contribution is -2.44. The van der Waals surface area contributed by atoms with Gasteiger partial charge in [0.1, 0.15) is 5.75 Å². The Bertz CT molecular complexity index is 914. The predicted octanol–water partition coefficient (Wildman–Crippen LogP) is 2.92. The van der Waals surface area contributed by atoms with Crippen molar-refractivity contribution >= 4 is 29.2 Å². The number of aryl methyl sites for hydroxylation is 2. The molecule has 160 valence electrons. The van der Waals surface area contributed by atoms with Crippen LogP contribution in [0.3, 0.4) is 0 Å². The van der Waals surface area contributed by atoms with Crippen LogP contribution in [-0.2, 0) is 9.59 Å². The Labute approximate surface area is 176 Å². The van der Waals surface area contributed by atoms with E-state index in [1.54, 1.807) is 42.3 Å². The lowest BCUT2D eigenvalue weighted by molar-refractivity contribution is -0.122. The molecule has 0 aliphatic heterocycles. The second-order valence-corrected chi connectivity index (χ2v) is 6.90. The Balaban J connectivity index is 1.84. The summed E-state index contributed by atoms with van der Waals surface area (Å²) in [4.78, 5) is 38.2. The van der Waals surface area contributed by atoms with Crippen molar-refractivity contribution < 1.29 is 19.1 Å². The fourth-order valence-electron chi connectivity index (χ4n) is 2.86. The molecule has 0 saturated carbocycles. The van der Waals surface area contributed by atoms with E-state index < -0.39 is 11.9 Å². The van der Waals surface area contributed by atoms with Gasteiger partial charge in [-0.15, -0.1) is 0 Å². The van der Waals surface area contributed by atoms with E-state index in [-0.39, 0.29) is 19.0 Å². The molecule has 0 radical (unpaired) electrons. The van der Waals surface area contributed by atoms with Crippen molar-refractivity contribution in [1.82, 2.24) is 10.2 Å². The van der Waals surface area contributed by atoms with Crippen LogP contribution in [0.4, 0.5) is 16.2 Å². The first kappa shape index (κ1) is 22.9. The van der Waals surface area contributed by atoms with E-state index in [2.05, 4.69) is 16.0 Å². The number of likely N-dealkylation sites (N-methyl/N-ethyl adjacent to an activating group) is 1. The molecular weight excluding hydrogens is 384 g/mol. The smallest absolute Gasteiger partial charge is 0.325 e. The maximum absolute atomic E-state index is 12.3. The van der Waals surface area contributed by atoms with Gasteiger partial charge in [-0.25, -0.2) is 4.79 Å². The summed E-state index contributed by atoms with van der Waals surface area (Å²) in [5.41, 5.74) is 3.23. The Morgan fingerprint density at radius 2 is 1.70 bits per heavy atom. The minimum absolute atomic E-state index is 0.0137. The summed E-state index contributed by atoms with van der Waals surface area (Å²) in [6.45, 7) is 6.08. The van der Waals surface area contributed by atoms with Crippen molar-refractivity contribution in [3.05, 3.63) is 53.6 Å². The Morgan fingerprint density at radius 3 is 2.37 bits per heavy atom. The lowest BCUT2D eigenvalue weighted by Gasteiger charge is -2.19. The highest BCUT2D eigenvalue weighted by Crippen LogP contribution is 2.17. The number of hydrogen-bond donors (Lipinski definition) is 3. The number of carbonyl (C=O) groups is 3. The highest BCUT2D eigenvalue weighted by Gasteiger charge is 2.16. The number of benzene rings is 2. The number of carbonyl (C=O) groups excluding carboxylic acids is 3. The number of ether oxygens (including phenoxy) is 1. The minimum Gasteiger partial charge on any atom is -0.497 e. The van der Waals surface area contributed by atoms with E-state index in [0.29, 0.717) is 23.7 Å². The zero-order chi connectivity index (χ0) is 22.1. The fraction of sp³-hybridized carbons (Fsp3) is 0.318. The third-order valence-corrected chi connectivity index (χ3v) is 4.42. The summed E-state index contributed by atoms with van der Waals surface area (Å²) in [7, 11) is 1.55. The summed E-state index contributed by atoms with van der Waals surface area (Å²) in [5, 5.41) is 7.72. The molecule has 8 heteroatoms. The molecule has 2 rings (SSSR count). The minimum atomic E-state index is -0.608. The maximum Gasteiger partial charge on any atom is 0.325 e. The molecular formula is C22H28N4O4. The molecule has 0 aliphatic carbocycles. The standard InChI is InChI=1S/C22H28N4O4/c1-5-26(13-20(27)23-17-7-6-8-18(12-17)30-4)14-21(28)25-22(29)24-19-10-9-15(2)11-16(19)3/h6-12H,5,13-14H2,1-4H3,(H,23,27)(H2,24,25,28,29). The summed E-state index contributed by atoms with van der Waals surface area (Å²) < 4.78 is 5.13. The van der Waals surface area contributed by atoms with Gasteiger partial charge in [-0.05, 0) is 44.2 Å². The molecule has 2 aromatic rings. The maximum atomic E-state index is 12.3. The molecule has 0 spiro atoms. The van der Waals surface area contributed by atoms with Gasteiger partial charge in [0.25, 0.3) is 0 Å². The Hall–Kier alpha value is -3.39. The molecule has 0 heterocycles. The molecule has 0 unspecified atom stereocenters. The SMILES string of the molecule is CCN(CC(=O)NC(=O)Nc1ccc(C)cc1C)CC(=O)Nc1cccc(OC)c1. The number of amides is 4. The molecule has 3 N–H and O–H groups in total. The number of methoxy groups -OCH3 is 1. The van der Waals surface area contributed by atoms with E-state index >= 15 is 0 Å². The first-order chi connectivity index (χ1) is 14.3. The quantitative estimate of drug-likeness (QED) is 0.619. The molecule has 0 saturated heterocycles. The first-order valence-corrected chi connectivity index (χ1v) is 9.65. The van der Waals surface area contributed by atoms with Gasteiger partial charge >= 0.3 is 6.03 Å². The summed E-state index contributed by atoms with van der Waals surface area (Å²) in [6, 6.07) is 12.0. The van der Waals surface area contributed by atoms with Crippen LogP contribution in [0.15, 0.2) is 42.5 Å².